The summed E-state index contributed by atoms with van der Waals surface area (Å²) in [4.78, 5) is 26.2. The summed E-state index contributed by atoms with van der Waals surface area (Å²) in [5.41, 5.74) is -1.02. The lowest BCUT2D eigenvalue weighted by Crippen LogP contribution is -2.48. The number of methoxy groups -OCH3 is 1. The molecule has 0 spiro atoms. The quantitative estimate of drug-likeness (QED) is 0.553. The first kappa shape index (κ1) is 19.7. The van der Waals surface area contributed by atoms with E-state index >= 15 is 0 Å². The molecule has 1 amide bonds. The maximum atomic E-state index is 12.4. The van der Waals surface area contributed by atoms with Crippen molar-refractivity contribution in [2.24, 2.45) is 5.41 Å². The summed E-state index contributed by atoms with van der Waals surface area (Å²) in [6.45, 7) is 9.39. The molecule has 1 aliphatic rings. The van der Waals surface area contributed by atoms with Crippen molar-refractivity contribution in [2.45, 2.75) is 59.0 Å². The molecule has 0 radical (unpaired) electrons. The third kappa shape index (κ3) is 6.01. The highest BCUT2D eigenvalue weighted by atomic mass is 16.6. The van der Waals surface area contributed by atoms with Gasteiger partial charge in [-0.3, -0.25) is 4.79 Å². The molecular formula is C17H31NO5. The first-order chi connectivity index (χ1) is 10.7. The third-order valence-electron chi connectivity index (χ3n) is 4.08. The minimum Gasteiger partial charge on any atom is -0.466 e. The van der Waals surface area contributed by atoms with E-state index in [-0.39, 0.29) is 12.1 Å². The highest BCUT2D eigenvalue weighted by Crippen LogP contribution is 2.38. The highest BCUT2D eigenvalue weighted by molar-refractivity contribution is 5.77. The molecule has 0 N–H and O–H groups in total. The molecule has 6 heteroatoms. The van der Waals surface area contributed by atoms with Gasteiger partial charge >= 0.3 is 12.1 Å². The second-order valence-electron chi connectivity index (χ2n) is 7.06. The van der Waals surface area contributed by atoms with Gasteiger partial charge in [-0.05, 0) is 53.4 Å². The predicted molar refractivity (Wildman–Crippen MR) is 87.2 cm³/mol. The van der Waals surface area contributed by atoms with Crippen LogP contribution >= 0.6 is 0 Å². The van der Waals surface area contributed by atoms with Crippen LogP contribution in [0.3, 0.4) is 0 Å². The van der Waals surface area contributed by atoms with Crippen LogP contribution in [0.4, 0.5) is 4.79 Å². The molecule has 23 heavy (non-hydrogen) atoms. The lowest BCUT2D eigenvalue weighted by Gasteiger charge is -2.40. The fraction of sp³-hybridized carbons (Fsp3) is 0.882. The maximum Gasteiger partial charge on any atom is 0.410 e. The molecule has 1 fully saturated rings. The van der Waals surface area contributed by atoms with Crippen molar-refractivity contribution in [3.63, 3.8) is 0 Å². The zero-order chi connectivity index (χ0) is 17.5. The number of ether oxygens (including phenoxy) is 3. The number of esters is 1. The zero-order valence-electron chi connectivity index (χ0n) is 15.1. The predicted octanol–water partition coefficient (Wildman–Crippen LogP) is 2.99. The number of carbonyl (C=O) groups is 2. The topological polar surface area (TPSA) is 65.1 Å². The molecule has 0 bridgehead atoms. The van der Waals surface area contributed by atoms with Gasteiger partial charge in [-0.15, -0.1) is 0 Å². The number of carbonyl (C=O) groups excluding carboxylic acids is 2. The first-order valence-electron chi connectivity index (χ1n) is 8.38. The van der Waals surface area contributed by atoms with Crippen LogP contribution in [-0.4, -0.2) is 56.0 Å². The Kier molecular flexibility index (Phi) is 7.32. The lowest BCUT2D eigenvalue weighted by atomic mass is 9.75. The summed E-state index contributed by atoms with van der Waals surface area (Å²) in [6, 6.07) is 0. The Morgan fingerprint density at radius 2 is 1.78 bits per heavy atom. The van der Waals surface area contributed by atoms with Crippen LogP contribution in [0.25, 0.3) is 0 Å². The fourth-order valence-corrected chi connectivity index (χ4v) is 2.84. The second-order valence-corrected chi connectivity index (χ2v) is 7.06. The van der Waals surface area contributed by atoms with Gasteiger partial charge in [-0.25, -0.2) is 4.79 Å². The largest absolute Gasteiger partial charge is 0.466 e. The van der Waals surface area contributed by atoms with E-state index in [0.29, 0.717) is 39.1 Å². The van der Waals surface area contributed by atoms with Gasteiger partial charge in [0.15, 0.2) is 0 Å². The third-order valence-corrected chi connectivity index (χ3v) is 4.08. The number of rotatable bonds is 6. The molecule has 0 aromatic rings. The zero-order valence-corrected chi connectivity index (χ0v) is 15.1. The minimum absolute atomic E-state index is 0.153. The molecular weight excluding hydrogens is 298 g/mol. The van der Waals surface area contributed by atoms with E-state index in [0.717, 1.165) is 12.8 Å². The Morgan fingerprint density at radius 1 is 1.17 bits per heavy atom. The van der Waals surface area contributed by atoms with Crippen molar-refractivity contribution >= 4 is 12.1 Å². The summed E-state index contributed by atoms with van der Waals surface area (Å²) in [7, 11) is 1.65. The molecule has 0 aliphatic carbocycles. The van der Waals surface area contributed by atoms with Crippen LogP contribution in [0, 0.1) is 5.41 Å². The number of likely N-dealkylation sites (tertiary alicyclic amines) is 1. The van der Waals surface area contributed by atoms with E-state index < -0.39 is 11.0 Å². The smallest absolute Gasteiger partial charge is 0.410 e. The van der Waals surface area contributed by atoms with Crippen LogP contribution in [0.5, 0.6) is 0 Å². The first-order valence-corrected chi connectivity index (χ1v) is 8.38. The Hall–Kier alpha value is -1.30. The summed E-state index contributed by atoms with van der Waals surface area (Å²) in [5, 5.41) is 0. The molecule has 0 aromatic carbocycles. The number of hydrogen-bond donors (Lipinski definition) is 0. The fourth-order valence-electron chi connectivity index (χ4n) is 2.84. The average molecular weight is 329 g/mol. The van der Waals surface area contributed by atoms with E-state index in [1.165, 1.54) is 0 Å². The van der Waals surface area contributed by atoms with Gasteiger partial charge in [-0.1, -0.05) is 0 Å². The van der Waals surface area contributed by atoms with E-state index in [1.54, 1.807) is 12.0 Å². The van der Waals surface area contributed by atoms with E-state index in [2.05, 4.69) is 0 Å². The SMILES string of the molecule is CCOC(=O)C1(CCCOC)CCN(C(=O)OC(C)(C)C)CC1. The molecule has 1 saturated heterocycles. The van der Waals surface area contributed by atoms with Crippen molar-refractivity contribution < 1.29 is 23.8 Å². The van der Waals surface area contributed by atoms with Gasteiger partial charge in [0.1, 0.15) is 5.60 Å². The molecule has 1 rings (SSSR count). The van der Waals surface area contributed by atoms with Gasteiger partial charge in [0.05, 0.1) is 12.0 Å². The molecule has 134 valence electrons. The average Bonchev–Trinajstić information content (AvgIpc) is 2.46. The van der Waals surface area contributed by atoms with E-state index in [1.807, 2.05) is 27.7 Å². The van der Waals surface area contributed by atoms with Crippen molar-refractivity contribution in [3.8, 4) is 0 Å². The standard InChI is InChI=1S/C17H31NO5/c1-6-22-14(19)17(8-7-13-21-5)9-11-18(12-10-17)15(20)23-16(2,3)4/h6-13H2,1-5H3. The van der Waals surface area contributed by atoms with E-state index in [9.17, 15) is 9.59 Å². The molecule has 1 aliphatic heterocycles. The maximum absolute atomic E-state index is 12.4. The van der Waals surface area contributed by atoms with Crippen molar-refractivity contribution in [2.75, 3.05) is 33.4 Å². The molecule has 0 saturated carbocycles. The highest BCUT2D eigenvalue weighted by Gasteiger charge is 2.43. The van der Waals surface area contributed by atoms with Crippen molar-refractivity contribution in [3.05, 3.63) is 0 Å². The molecule has 0 atom stereocenters. The van der Waals surface area contributed by atoms with Crippen molar-refractivity contribution in [1.29, 1.82) is 0 Å². The molecule has 1 heterocycles. The van der Waals surface area contributed by atoms with Gasteiger partial charge in [-0.2, -0.15) is 0 Å². The Labute approximate surface area is 139 Å². The van der Waals surface area contributed by atoms with Crippen LogP contribution < -0.4 is 0 Å². The van der Waals surface area contributed by atoms with Crippen LogP contribution in [0.15, 0.2) is 0 Å². The van der Waals surface area contributed by atoms with Gasteiger partial charge in [0.25, 0.3) is 0 Å². The second kappa shape index (κ2) is 8.52. The molecule has 0 aromatic heterocycles. The Morgan fingerprint density at radius 3 is 2.26 bits per heavy atom. The van der Waals surface area contributed by atoms with Gasteiger partial charge < -0.3 is 19.1 Å². The molecule has 0 unspecified atom stereocenters. The van der Waals surface area contributed by atoms with Crippen LogP contribution in [-0.2, 0) is 19.0 Å². The van der Waals surface area contributed by atoms with E-state index in [4.69, 9.17) is 14.2 Å². The summed E-state index contributed by atoms with van der Waals surface area (Å²) in [6.07, 6.45) is 2.43. The number of hydrogen-bond acceptors (Lipinski definition) is 5. The van der Waals surface area contributed by atoms with Gasteiger partial charge in [0, 0.05) is 26.8 Å². The normalized spacial score (nSPS) is 17.7. The Bertz CT molecular complexity index is 394. The number of nitrogens with zero attached hydrogens (tertiary/aromatic N) is 1. The minimum atomic E-state index is -0.509. The summed E-state index contributed by atoms with van der Waals surface area (Å²) < 4.78 is 15.8. The van der Waals surface area contributed by atoms with Crippen molar-refractivity contribution in [1.82, 2.24) is 4.90 Å². The lowest BCUT2D eigenvalue weighted by molar-refractivity contribution is -0.159. The Balaban J connectivity index is 2.67. The summed E-state index contributed by atoms with van der Waals surface area (Å²) >= 11 is 0. The summed E-state index contributed by atoms with van der Waals surface area (Å²) in [5.74, 6) is -0.153. The number of piperidine rings is 1. The van der Waals surface area contributed by atoms with Crippen LogP contribution in [0.2, 0.25) is 0 Å². The van der Waals surface area contributed by atoms with Gasteiger partial charge in [0.2, 0.25) is 0 Å². The number of amides is 1. The molecule has 6 nitrogen and oxygen atoms in total. The monoisotopic (exact) mass is 329 g/mol. The van der Waals surface area contributed by atoms with Crippen LogP contribution in [0.1, 0.15) is 53.4 Å².